The van der Waals surface area contributed by atoms with E-state index in [0.717, 1.165) is 64.3 Å². The van der Waals surface area contributed by atoms with Crippen molar-refractivity contribution in [1.29, 1.82) is 0 Å². The maximum absolute atomic E-state index is 11.3. The van der Waals surface area contributed by atoms with Gasteiger partial charge in [0.05, 0.1) is 17.1 Å². The topological polar surface area (TPSA) is 77.0 Å². The number of aryl methyl sites for hydroxylation is 1. The van der Waals surface area contributed by atoms with Crippen molar-refractivity contribution in [1.82, 2.24) is 15.6 Å². The number of rotatable bonds is 12. The number of amides is 1. The fourth-order valence-corrected chi connectivity index (χ4v) is 4.52. The van der Waals surface area contributed by atoms with Crippen LogP contribution in [0.1, 0.15) is 43.4 Å². The van der Waals surface area contributed by atoms with Crippen molar-refractivity contribution in [3.05, 3.63) is 125 Å². The molecule has 1 aliphatic heterocycles. The molecule has 3 N–H and O–H groups in total. The van der Waals surface area contributed by atoms with Crippen LogP contribution in [-0.2, 0) is 17.8 Å². The van der Waals surface area contributed by atoms with Crippen molar-refractivity contribution in [2.24, 2.45) is 5.10 Å². The smallest absolute Gasteiger partial charge is 0.211 e. The maximum atomic E-state index is 11.3. The van der Waals surface area contributed by atoms with Crippen LogP contribution in [-0.4, -0.2) is 28.8 Å². The number of likely N-dealkylation sites (N-methyl/N-ethyl adjacent to an activating group) is 1. The number of aromatic hydroxyl groups is 1. The number of hydrogen-bond acceptors (Lipinski definition) is 5. The van der Waals surface area contributed by atoms with Gasteiger partial charge in [-0.05, 0) is 72.7 Å². The molecule has 3 aromatic rings. The molecule has 3 aromatic carbocycles. The molecule has 0 saturated carbocycles. The third-order valence-electron chi connectivity index (χ3n) is 6.59. The Kier molecular flexibility index (Phi) is 9.35. The minimum absolute atomic E-state index is 0.270. The van der Waals surface area contributed by atoms with Crippen molar-refractivity contribution in [2.45, 2.75) is 39.7 Å². The van der Waals surface area contributed by atoms with E-state index in [9.17, 15) is 9.90 Å². The fraction of sp³-hybridized carbons (Fsp3) is 0.212. The summed E-state index contributed by atoms with van der Waals surface area (Å²) in [6.45, 7) is 9.68. The summed E-state index contributed by atoms with van der Waals surface area (Å²) < 4.78 is 0. The lowest BCUT2D eigenvalue weighted by Gasteiger charge is -2.27. The zero-order valence-electron chi connectivity index (χ0n) is 22.7. The molecule has 6 heteroatoms. The summed E-state index contributed by atoms with van der Waals surface area (Å²) in [5.74, 6) is 0.270. The first-order valence-corrected chi connectivity index (χ1v) is 13.4. The molecule has 6 nitrogen and oxygen atoms in total. The normalized spacial score (nSPS) is 14.0. The minimum Gasteiger partial charge on any atom is -0.508 e. The SMILES string of the molecule is C=C(CCc1cccc(-c2cccc(C3=NN(CC)C(=CCC)C(NC=O)=C3)c2)c1)NCc1ccc(O)cc1. The van der Waals surface area contributed by atoms with E-state index < -0.39 is 0 Å². The van der Waals surface area contributed by atoms with Crippen LogP contribution in [0.15, 0.2) is 114 Å². The third kappa shape index (κ3) is 7.26. The Labute approximate surface area is 231 Å². The summed E-state index contributed by atoms with van der Waals surface area (Å²) in [4.78, 5) is 11.3. The first kappa shape index (κ1) is 27.5. The molecular weight excluding hydrogens is 484 g/mol. The maximum Gasteiger partial charge on any atom is 0.211 e. The molecule has 1 aliphatic rings. The third-order valence-corrected chi connectivity index (χ3v) is 6.59. The van der Waals surface area contributed by atoms with E-state index in [4.69, 9.17) is 5.10 Å². The summed E-state index contributed by atoms with van der Waals surface area (Å²) in [7, 11) is 0. The molecule has 1 amide bonds. The largest absolute Gasteiger partial charge is 0.508 e. The van der Waals surface area contributed by atoms with Crippen LogP contribution in [0.4, 0.5) is 0 Å². The summed E-state index contributed by atoms with van der Waals surface area (Å²) in [6.07, 6.45) is 7.28. The molecule has 39 heavy (non-hydrogen) atoms. The summed E-state index contributed by atoms with van der Waals surface area (Å²) in [5, 5.41) is 22.5. The van der Waals surface area contributed by atoms with E-state index in [2.05, 4.69) is 66.6 Å². The van der Waals surface area contributed by atoms with Crippen LogP contribution in [0, 0.1) is 0 Å². The summed E-state index contributed by atoms with van der Waals surface area (Å²) in [5.41, 5.74) is 9.04. The van der Waals surface area contributed by atoms with Gasteiger partial charge < -0.3 is 15.7 Å². The number of carbonyl (C=O) groups is 1. The molecule has 200 valence electrons. The average molecular weight is 521 g/mol. The molecule has 0 saturated heterocycles. The average Bonchev–Trinajstić information content (AvgIpc) is 2.97. The highest BCUT2D eigenvalue weighted by Crippen LogP contribution is 2.26. The Hall–Kier alpha value is -4.58. The second kappa shape index (κ2) is 13.3. The van der Waals surface area contributed by atoms with Crippen molar-refractivity contribution < 1.29 is 9.90 Å². The molecule has 0 aliphatic carbocycles. The van der Waals surface area contributed by atoms with Gasteiger partial charge in [0.25, 0.3) is 0 Å². The highest BCUT2D eigenvalue weighted by atomic mass is 16.3. The van der Waals surface area contributed by atoms with Gasteiger partial charge in [-0.1, -0.05) is 74.2 Å². The first-order chi connectivity index (χ1) is 19.0. The Bertz CT molecular complexity index is 1400. The van der Waals surface area contributed by atoms with Crippen LogP contribution in [0.5, 0.6) is 5.75 Å². The van der Waals surface area contributed by atoms with Gasteiger partial charge in [0, 0.05) is 24.4 Å². The number of hydrazone groups is 1. The lowest BCUT2D eigenvalue weighted by atomic mass is 9.97. The second-order valence-corrected chi connectivity index (χ2v) is 9.42. The Morgan fingerprint density at radius 1 is 0.974 bits per heavy atom. The van der Waals surface area contributed by atoms with Gasteiger partial charge in [-0.3, -0.25) is 9.80 Å². The van der Waals surface area contributed by atoms with Gasteiger partial charge >= 0.3 is 0 Å². The molecule has 0 bridgehead atoms. The van der Waals surface area contributed by atoms with Crippen LogP contribution < -0.4 is 10.6 Å². The number of hydrogen-bond donors (Lipinski definition) is 3. The van der Waals surface area contributed by atoms with Crippen LogP contribution >= 0.6 is 0 Å². The Morgan fingerprint density at radius 2 is 1.69 bits per heavy atom. The predicted octanol–water partition coefficient (Wildman–Crippen LogP) is 6.26. The minimum atomic E-state index is 0.270. The summed E-state index contributed by atoms with van der Waals surface area (Å²) in [6, 6.07) is 24.1. The van der Waals surface area contributed by atoms with Crippen LogP contribution in [0.3, 0.4) is 0 Å². The molecule has 0 unspecified atom stereocenters. The quantitative estimate of drug-likeness (QED) is 0.246. The lowest BCUT2D eigenvalue weighted by Crippen LogP contribution is -2.29. The number of nitrogens with one attached hydrogen (secondary N) is 2. The fourth-order valence-electron chi connectivity index (χ4n) is 4.52. The van der Waals surface area contributed by atoms with E-state index in [1.807, 2.05) is 42.3 Å². The molecule has 1 heterocycles. The Balaban J connectivity index is 1.46. The first-order valence-electron chi connectivity index (χ1n) is 13.4. The highest BCUT2D eigenvalue weighted by molar-refractivity contribution is 6.10. The summed E-state index contributed by atoms with van der Waals surface area (Å²) >= 11 is 0. The highest BCUT2D eigenvalue weighted by Gasteiger charge is 2.19. The van der Waals surface area contributed by atoms with Gasteiger partial charge in [-0.15, -0.1) is 0 Å². The van der Waals surface area contributed by atoms with Gasteiger partial charge in [0.15, 0.2) is 0 Å². The van der Waals surface area contributed by atoms with Gasteiger partial charge in [0.2, 0.25) is 6.41 Å². The molecule has 0 radical (unpaired) electrons. The number of phenols is 1. The zero-order chi connectivity index (χ0) is 27.6. The van der Waals surface area contributed by atoms with Gasteiger partial charge in [-0.2, -0.15) is 5.10 Å². The van der Waals surface area contributed by atoms with Crippen LogP contribution in [0.25, 0.3) is 11.1 Å². The molecule has 4 rings (SSSR count). The standard InChI is InChI=1S/C33H36N4O2/c1-4-8-33-32(35-23-38)21-31(36-37(33)5-2)29-12-7-11-28(20-29)27-10-6-9-25(19-27)14-13-24(3)34-22-26-15-17-30(39)18-16-26/h6-12,15-21,23,34,39H,3-5,13-14,22H2,1-2H3,(H,35,38). The monoisotopic (exact) mass is 520 g/mol. The lowest BCUT2D eigenvalue weighted by molar-refractivity contribution is -0.108. The van der Waals surface area contributed by atoms with Gasteiger partial charge in [0.1, 0.15) is 5.75 Å². The molecular formula is C33H36N4O2. The van der Waals surface area contributed by atoms with Gasteiger partial charge in [-0.25, -0.2) is 0 Å². The van der Waals surface area contributed by atoms with Crippen LogP contribution in [0.2, 0.25) is 0 Å². The predicted molar refractivity (Wildman–Crippen MR) is 159 cm³/mol. The molecule has 0 aromatic heterocycles. The van der Waals surface area contributed by atoms with Crippen molar-refractivity contribution in [3.8, 4) is 16.9 Å². The second-order valence-electron chi connectivity index (χ2n) is 9.42. The molecule has 0 spiro atoms. The van der Waals surface area contributed by atoms with E-state index in [-0.39, 0.29) is 5.75 Å². The number of phenolic OH excluding ortho intramolecular Hbond substituents is 1. The molecule has 0 fully saturated rings. The number of allylic oxidation sites excluding steroid dienone is 3. The van der Waals surface area contributed by atoms with Crippen molar-refractivity contribution in [2.75, 3.05) is 6.54 Å². The van der Waals surface area contributed by atoms with E-state index in [0.29, 0.717) is 19.5 Å². The number of carbonyl (C=O) groups excluding carboxylic acids is 1. The number of benzene rings is 3. The number of nitrogens with zero attached hydrogens (tertiary/aromatic N) is 2. The van der Waals surface area contributed by atoms with Crippen molar-refractivity contribution >= 4 is 12.1 Å². The van der Waals surface area contributed by atoms with E-state index in [1.54, 1.807) is 12.1 Å². The zero-order valence-corrected chi connectivity index (χ0v) is 22.7. The van der Waals surface area contributed by atoms with E-state index >= 15 is 0 Å². The van der Waals surface area contributed by atoms with Crippen molar-refractivity contribution in [3.63, 3.8) is 0 Å². The molecule has 0 atom stereocenters. The van der Waals surface area contributed by atoms with E-state index in [1.165, 1.54) is 5.56 Å². The Morgan fingerprint density at radius 3 is 2.41 bits per heavy atom.